The van der Waals surface area contributed by atoms with E-state index in [9.17, 15) is 14.0 Å². The number of benzene rings is 1. The minimum absolute atomic E-state index is 0.214. The van der Waals surface area contributed by atoms with E-state index in [2.05, 4.69) is 4.90 Å². The number of thiocarbonyl (C=S) groups is 1. The molecule has 1 aromatic carbocycles. The maximum absolute atomic E-state index is 13.5. The second-order valence-corrected chi connectivity index (χ2v) is 10.1. The molecule has 1 amide bonds. The zero-order valence-corrected chi connectivity index (χ0v) is 20.1. The third-order valence-corrected chi connectivity index (χ3v) is 7.44. The van der Waals surface area contributed by atoms with Crippen LogP contribution in [0.2, 0.25) is 0 Å². The average Bonchev–Trinajstić information content (AvgIpc) is 3.02. The Morgan fingerprint density at radius 2 is 1.76 bits per heavy atom. The summed E-state index contributed by atoms with van der Waals surface area (Å²) in [6.07, 6.45) is 7.71. The molecule has 0 atom stereocenters. The van der Waals surface area contributed by atoms with E-state index in [1.165, 1.54) is 33.2 Å². The molecule has 0 N–H and O–H groups in total. The summed E-state index contributed by atoms with van der Waals surface area (Å²) in [5.74, 6) is 0.0139. The van der Waals surface area contributed by atoms with Gasteiger partial charge in [0.25, 0.3) is 11.5 Å². The first kappa shape index (κ1) is 22.7. The third kappa shape index (κ3) is 4.50. The molecule has 0 unspecified atom stereocenters. The maximum Gasteiger partial charge on any atom is 0.267 e. The largest absolute Gasteiger partial charge is 0.356 e. The van der Waals surface area contributed by atoms with Crippen LogP contribution in [0.25, 0.3) is 11.7 Å². The molecule has 5 rings (SSSR count). The van der Waals surface area contributed by atoms with Crippen molar-refractivity contribution in [1.82, 2.24) is 14.3 Å². The molecule has 0 bridgehead atoms. The van der Waals surface area contributed by atoms with Crippen molar-refractivity contribution in [2.24, 2.45) is 0 Å². The molecule has 2 fully saturated rings. The fourth-order valence-corrected chi connectivity index (χ4v) is 5.52. The van der Waals surface area contributed by atoms with E-state index in [0.29, 0.717) is 26.3 Å². The van der Waals surface area contributed by atoms with Crippen molar-refractivity contribution < 1.29 is 9.18 Å². The van der Waals surface area contributed by atoms with Gasteiger partial charge in [0.2, 0.25) is 0 Å². The van der Waals surface area contributed by atoms with Crippen LogP contribution in [0.15, 0.2) is 58.4 Å². The summed E-state index contributed by atoms with van der Waals surface area (Å²) in [4.78, 5) is 35.6. The number of thioether (sulfide) groups is 1. The summed E-state index contributed by atoms with van der Waals surface area (Å²) in [5, 5.41) is 0. The van der Waals surface area contributed by atoms with Gasteiger partial charge in [-0.25, -0.2) is 9.37 Å². The number of carbonyl (C=O) groups is 1. The lowest BCUT2D eigenvalue weighted by Crippen LogP contribution is -2.30. The molecule has 4 heterocycles. The van der Waals surface area contributed by atoms with Crippen LogP contribution < -0.4 is 10.5 Å². The number of hydrogen-bond donors (Lipinski definition) is 0. The van der Waals surface area contributed by atoms with Gasteiger partial charge in [-0.2, -0.15) is 0 Å². The molecule has 0 spiro atoms. The van der Waals surface area contributed by atoms with E-state index < -0.39 is 0 Å². The zero-order valence-electron chi connectivity index (χ0n) is 18.4. The van der Waals surface area contributed by atoms with E-state index >= 15 is 0 Å². The molecular formula is C25H23FN4O2S2. The Balaban J connectivity index is 1.54. The Kier molecular flexibility index (Phi) is 6.47. The lowest BCUT2D eigenvalue weighted by Gasteiger charge is -2.23. The van der Waals surface area contributed by atoms with Crippen molar-refractivity contribution in [3.05, 3.63) is 80.9 Å². The SMILES string of the molecule is O=C1C(=Cc2c(N3CCCCCC3)nc3ccccn3c2=O)SC(=S)N1Cc1ccc(F)cc1. The number of amides is 1. The molecule has 9 heteroatoms. The van der Waals surface area contributed by atoms with Crippen molar-refractivity contribution in [3.8, 4) is 0 Å². The number of carbonyl (C=O) groups excluding carboxylic acids is 1. The lowest BCUT2D eigenvalue weighted by molar-refractivity contribution is -0.122. The van der Waals surface area contributed by atoms with Gasteiger partial charge in [-0.1, -0.05) is 55.0 Å². The Morgan fingerprint density at radius 3 is 2.50 bits per heavy atom. The third-order valence-electron chi connectivity index (χ3n) is 6.06. The molecule has 0 radical (unpaired) electrons. The molecule has 2 aliphatic rings. The van der Waals surface area contributed by atoms with Gasteiger partial charge >= 0.3 is 0 Å². The van der Waals surface area contributed by atoms with Gasteiger partial charge in [0, 0.05) is 19.3 Å². The van der Waals surface area contributed by atoms with E-state index in [4.69, 9.17) is 17.2 Å². The molecule has 2 saturated heterocycles. The molecule has 34 heavy (non-hydrogen) atoms. The maximum atomic E-state index is 13.5. The summed E-state index contributed by atoms with van der Waals surface area (Å²) in [5.41, 5.74) is 1.53. The molecule has 3 aromatic rings. The van der Waals surface area contributed by atoms with Gasteiger partial charge in [0.15, 0.2) is 0 Å². The summed E-state index contributed by atoms with van der Waals surface area (Å²) < 4.78 is 15.2. The monoisotopic (exact) mass is 494 g/mol. The molecular weight excluding hydrogens is 471 g/mol. The number of anilines is 1. The second kappa shape index (κ2) is 9.68. The molecule has 6 nitrogen and oxygen atoms in total. The standard InChI is InChI=1S/C25H23FN4O2S2/c26-18-10-8-17(9-11-18)16-30-24(32)20(34-25(30)33)15-19-22(28-12-4-1-2-5-13-28)27-21-7-3-6-14-29(21)23(19)31/h3,6-11,14-15H,1-2,4-5,12-13,16H2. The number of aromatic nitrogens is 2. The lowest BCUT2D eigenvalue weighted by atomic mass is 10.2. The van der Waals surface area contributed by atoms with Crippen LogP contribution in [0.4, 0.5) is 10.2 Å². The van der Waals surface area contributed by atoms with Crippen LogP contribution in [0.1, 0.15) is 36.8 Å². The average molecular weight is 495 g/mol. The number of pyridine rings is 1. The predicted octanol–water partition coefficient (Wildman–Crippen LogP) is 4.62. The van der Waals surface area contributed by atoms with E-state index in [0.717, 1.165) is 44.3 Å². The van der Waals surface area contributed by atoms with Crippen molar-refractivity contribution in [3.63, 3.8) is 0 Å². The molecule has 174 valence electrons. The van der Waals surface area contributed by atoms with Crippen LogP contribution >= 0.6 is 24.0 Å². The van der Waals surface area contributed by atoms with Crippen LogP contribution in [0.3, 0.4) is 0 Å². The predicted molar refractivity (Wildman–Crippen MR) is 137 cm³/mol. The highest BCUT2D eigenvalue weighted by molar-refractivity contribution is 8.26. The minimum atomic E-state index is -0.334. The van der Waals surface area contributed by atoms with Gasteiger partial charge < -0.3 is 4.90 Å². The summed E-state index contributed by atoms with van der Waals surface area (Å²) in [6, 6.07) is 11.4. The Morgan fingerprint density at radius 1 is 1.03 bits per heavy atom. The highest BCUT2D eigenvalue weighted by atomic mass is 32.2. The smallest absolute Gasteiger partial charge is 0.267 e. The Labute approximate surface area is 206 Å². The summed E-state index contributed by atoms with van der Waals surface area (Å²) in [6.45, 7) is 1.89. The first-order valence-electron chi connectivity index (χ1n) is 11.3. The topological polar surface area (TPSA) is 57.9 Å². The molecule has 2 aromatic heterocycles. The number of rotatable bonds is 4. The normalized spacial score (nSPS) is 18.2. The van der Waals surface area contributed by atoms with Gasteiger partial charge in [-0.15, -0.1) is 0 Å². The highest BCUT2D eigenvalue weighted by Gasteiger charge is 2.33. The van der Waals surface area contributed by atoms with Crippen molar-refractivity contribution in [2.75, 3.05) is 18.0 Å². The number of fused-ring (bicyclic) bond motifs is 1. The van der Waals surface area contributed by atoms with E-state index in [1.54, 1.807) is 30.5 Å². The quantitative estimate of drug-likeness (QED) is 0.390. The van der Waals surface area contributed by atoms with Gasteiger partial charge in [-0.3, -0.25) is 18.9 Å². The van der Waals surface area contributed by atoms with E-state index in [1.807, 2.05) is 12.1 Å². The van der Waals surface area contributed by atoms with Crippen LogP contribution in [0.5, 0.6) is 0 Å². The first-order chi connectivity index (χ1) is 16.5. The van der Waals surface area contributed by atoms with Gasteiger partial charge in [-0.05, 0) is 48.7 Å². The number of hydrogen-bond acceptors (Lipinski definition) is 6. The van der Waals surface area contributed by atoms with Crippen LogP contribution in [0, 0.1) is 5.82 Å². The summed E-state index contributed by atoms with van der Waals surface area (Å²) >= 11 is 6.64. The fourth-order valence-electron chi connectivity index (χ4n) is 4.28. The molecule has 2 aliphatic heterocycles. The second-order valence-electron chi connectivity index (χ2n) is 8.38. The minimum Gasteiger partial charge on any atom is -0.356 e. The Hall–Kier alpha value is -3.04. The van der Waals surface area contributed by atoms with Crippen molar-refractivity contribution in [1.29, 1.82) is 0 Å². The van der Waals surface area contributed by atoms with Crippen molar-refractivity contribution in [2.45, 2.75) is 32.2 Å². The van der Waals surface area contributed by atoms with Gasteiger partial charge in [0.1, 0.15) is 21.6 Å². The molecule has 0 aliphatic carbocycles. The highest BCUT2D eigenvalue weighted by Crippen LogP contribution is 2.34. The van der Waals surface area contributed by atoms with Gasteiger partial charge in [0.05, 0.1) is 17.0 Å². The van der Waals surface area contributed by atoms with Crippen molar-refractivity contribution >= 4 is 51.7 Å². The zero-order chi connectivity index (χ0) is 23.7. The Bertz CT molecular complexity index is 1350. The summed E-state index contributed by atoms with van der Waals surface area (Å²) in [7, 11) is 0. The van der Waals surface area contributed by atoms with E-state index in [-0.39, 0.29) is 23.8 Å². The molecule has 0 saturated carbocycles. The van der Waals surface area contributed by atoms with Crippen LogP contribution in [-0.4, -0.2) is 37.6 Å². The fraction of sp³-hybridized carbons (Fsp3) is 0.280. The number of halogens is 1. The van der Waals surface area contributed by atoms with Crippen LogP contribution in [-0.2, 0) is 11.3 Å². The first-order valence-corrected chi connectivity index (χ1v) is 12.5. The number of nitrogens with zero attached hydrogens (tertiary/aromatic N) is 4.